The van der Waals surface area contributed by atoms with Crippen molar-refractivity contribution in [1.29, 1.82) is 0 Å². The molecule has 0 radical (unpaired) electrons. The molecule has 8 heteroatoms. The minimum atomic E-state index is -0.647. The highest BCUT2D eigenvalue weighted by Gasteiger charge is 2.27. The first-order valence-corrected chi connectivity index (χ1v) is 8.36. The van der Waals surface area contributed by atoms with Gasteiger partial charge in [0.05, 0.1) is 5.92 Å². The predicted octanol–water partition coefficient (Wildman–Crippen LogP) is 1.29. The number of carbonyl (C=O) groups is 3. The van der Waals surface area contributed by atoms with Crippen LogP contribution in [0.1, 0.15) is 18.4 Å². The van der Waals surface area contributed by atoms with E-state index >= 15 is 0 Å². The minimum absolute atomic E-state index is 0.270. The number of esters is 1. The van der Waals surface area contributed by atoms with Gasteiger partial charge in [0.25, 0.3) is 5.91 Å². The molecule has 1 saturated heterocycles. The Morgan fingerprint density at radius 2 is 2.08 bits per heavy atom. The van der Waals surface area contributed by atoms with Crippen LogP contribution in [0.15, 0.2) is 18.2 Å². The Kier molecular flexibility index (Phi) is 6.64. The summed E-state index contributed by atoms with van der Waals surface area (Å²) >= 11 is 5.85. The van der Waals surface area contributed by atoms with Gasteiger partial charge in [-0.05, 0) is 43.5 Å². The number of hydrogen-bond acceptors (Lipinski definition) is 5. The van der Waals surface area contributed by atoms with Gasteiger partial charge in [-0.25, -0.2) is 4.79 Å². The normalized spacial score (nSPS) is 17.0. The van der Waals surface area contributed by atoms with E-state index in [4.69, 9.17) is 26.8 Å². The second kappa shape index (κ2) is 8.71. The Balaban J connectivity index is 1.75. The number of likely N-dealkylation sites (tertiary alicyclic amines) is 1. The maximum Gasteiger partial charge on any atom is 0.344 e. The quantitative estimate of drug-likeness (QED) is 0.763. The highest BCUT2D eigenvalue weighted by atomic mass is 35.5. The van der Waals surface area contributed by atoms with E-state index in [1.165, 1.54) is 4.90 Å². The highest BCUT2D eigenvalue weighted by molar-refractivity contribution is 6.30. The van der Waals surface area contributed by atoms with Crippen LogP contribution < -0.4 is 10.5 Å². The molecule has 0 spiro atoms. The second-order valence-electron chi connectivity index (χ2n) is 5.94. The third-order valence-corrected chi connectivity index (χ3v) is 4.25. The summed E-state index contributed by atoms with van der Waals surface area (Å²) in [7, 11) is 0. The van der Waals surface area contributed by atoms with Crippen LogP contribution in [0.4, 0.5) is 0 Å². The first-order chi connectivity index (χ1) is 11.9. The third kappa shape index (κ3) is 5.63. The Morgan fingerprint density at radius 3 is 2.76 bits per heavy atom. The molecule has 1 aromatic carbocycles. The van der Waals surface area contributed by atoms with Crippen LogP contribution in [0.5, 0.6) is 5.75 Å². The molecule has 1 heterocycles. The molecule has 0 aromatic heterocycles. The van der Waals surface area contributed by atoms with Crippen molar-refractivity contribution >= 4 is 29.4 Å². The molecule has 0 unspecified atom stereocenters. The molecule has 1 aromatic rings. The topological polar surface area (TPSA) is 98.9 Å². The number of halogens is 1. The smallest absolute Gasteiger partial charge is 0.344 e. The molecular formula is C17H21ClN2O5. The molecule has 0 aliphatic carbocycles. The van der Waals surface area contributed by atoms with Gasteiger partial charge in [-0.2, -0.15) is 0 Å². The van der Waals surface area contributed by atoms with Crippen LogP contribution in [-0.4, -0.2) is 49.0 Å². The third-order valence-electron chi connectivity index (χ3n) is 4.02. The van der Waals surface area contributed by atoms with Crippen molar-refractivity contribution in [2.75, 3.05) is 26.3 Å². The van der Waals surface area contributed by atoms with E-state index in [0.717, 1.165) is 5.56 Å². The van der Waals surface area contributed by atoms with E-state index in [0.29, 0.717) is 30.2 Å². The zero-order chi connectivity index (χ0) is 18.4. The lowest BCUT2D eigenvalue weighted by atomic mass is 9.97. The maximum absolute atomic E-state index is 12.1. The van der Waals surface area contributed by atoms with E-state index in [1.54, 1.807) is 18.2 Å². The molecular weight excluding hydrogens is 348 g/mol. The molecule has 25 heavy (non-hydrogen) atoms. The van der Waals surface area contributed by atoms with Crippen LogP contribution in [-0.2, 0) is 19.1 Å². The van der Waals surface area contributed by atoms with E-state index in [1.807, 2.05) is 6.92 Å². The van der Waals surface area contributed by atoms with Gasteiger partial charge < -0.3 is 20.1 Å². The summed E-state index contributed by atoms with van der Waals surface area (Å²) in [5, 5.41) is 0.578. The van der Waals surface area contributed by atoms with Crippen LogP contribution in [0, 0.1) is 12.8 Å². The summed E-state index contributed by atoms with van der Waals surface area (Å²) in [6, 6.07) is 5.04. The summed E-state index contributed by atoms with van der Waals surface area (Å²) in [4.78, 5) is 36.5. The van der Waals surface area contributed by atoms with E-state index < -0.39 is 11.9 Å². The Morgan fingerprint density at radius 1 is 1.32 bits per heavy atom. The van der Waals surface area contributed by atoms with Gasteiger partial charge in [0.1, 0.15) is 5.75 Å². The fourth-order valence-electron chi connectivity index (χ4n) is 2.62. The number of benzene rings is 1. The second-order valence-corrected chi connectivity index (χ2v) is 6.38. The van der Waals surface area contributed by atoms with Gasteiger partial charge in [-0.1, -0.05) is 11.6 Å². The Bertz CT molecular complexity index is 664. The average Bonchev–Trinajstić information content (AvgIpc) is 2.59. The van der Waals surface area contributed by atoms with Crippen molar-refractivity contribution in [3.63, 3.8) is 0 Å². The lowest BCUT2D eigenvalue weighted by molar-refractivity contribution is -0.154. The number of amides is 2. The van der Waals surface area contributed by atoms with E-state index in [-0.39, 0.29) is 31.6 Å². The molecule has 1 aliphatic rings. The lowest BCUT2D eigenvalue weighted by Gasteiger charge is -2.31. The maximum atomic E-state index is 12.1. The molecule has 1 aliphatic heterocycles. The molecule has 0 saturated carbocycles. The molecule has 0 bridgehead atoms. The van der Waals surface area contributed by atoms with Crippen molar-refractivity contribution in [1.82, 2.24) is 4.90 Å². The number of ether oxygens (including phenoxy) is 2. The van der Waals surface area contributed by atoms with Gasteiger partial charge in [-0.15, -0.1) is 0 Å². The van der Waals surface area contributed by atoms with Crippen LogP contribution >= 0.6 is 11.6 Å². The first kappa shape index (κ1) is 19.1. The fraction of sp³-hybridized carbons (Fsp3) is 0.471. The fourth-order valence-corrected chi connectivity index (χ4v) is 2.85. The first-order valence-electron chi connectivity index (χ1n) is 7.98. The molecule has 2 amide bonds. The van der Waals surface area contributed by atoms with Gasteiger partial charge in [0.2, 0.25) is 5.91 Å². The molecule has 1 atom stereocenters. The van der Waals surface area contributed by atoms with Crippen LogP contribution in [0.3, 0.4) is 0 Å². The largest absolute Gasteiger partial charge is 0.482 e. The van der Waals surface area contributed by atoms with Gasteiger partial charge in [0.15, 0.2) is 13.2 Å². The number of aryl methyl sites for hydroxylation is 1. The summed E-state index contributed by atoms with van der Waals surface area (Å²) in [5.41, 5.74) is 6.07. The SMILES string of the molecule is Cc1cc(Cl)ccc1OCC(=O)OCC(=O)N1CCC[C@H](C(N)=O)C1. The van der Waals surface area contributed by atoms with Crippen LogP contribution in [0.25, 0.3) is 0 Å². The molecule has 2 rings (SSSR count). The summed E-state index contributed by atoms with van der Waals surface area (Å²) in [5.74, 6) is -1.23. The van der Waals surface area contributed by atoms with Crippen molar-refractivity contribution in [3.05, 3.63) is 28.8 Å². The van der Waals surface area contributed by atoms with Crippen molar-refractivity contribution in [2.24, 2.45) is 11.7 Å². The van der Waals surface area contributed by atoms with Gasteiger partial charge >= 0.3 is 5.97 Å². The standard InChI is InChI=1S/C17H21ClN2O5/c1-11-7-13(18)4-5-14(11)24-10-16(22)25-9-15(21)20-6-2-3-12(8-20)17(19)23/h4-5,7,12H,2-3,6,8-10H2,1H3,(H2,19,23)/t12-/m0/s1. The van der Waals surface area contributed by atoms with Gasteiger partial charge in [0, 0.05) is 18.1 Å². The van der Waals surface area contributed by atoms with Crippen molar-refractivity contribution in [2.45, 2.75) is 19.8 Å². The summed E-state index contributed by atoms with van der Waals surface area (Å²) in [6.07, 6.45) is 1.37. The number of nitrogens with zero attached hydrogens (tertiary/aromatic N) is 1. The number of nitrogens with two attached hydrogens (primary N) is 1. The molecule has 7 nitrogen and oxygen atoms in total. The van der Waals surface area contributed by atoms with Crippen molar-refractivity contribution in [3.8, 4) is 5.75 Å². The zero-order valence-corrected chi connectivity index (χ0v) is 14.8. The van der Waals surface area contributed by atoms with E-state index in [2.05, 4.69) is 0 Å². The number of rotatable bonds is 6. The number of hydrogen-bond donors (Lipinski definition) is 1. The van der Waals surface area contributed by atoms with Crippen LogP contribution in [0.2, 0.25) is 5.02 Å². The lowest BCUT2D eigenvalue weighted by Crippen LogP contribution is -2.45. The minimum Gasteiger partial charge on any atom is -0.482 e. The Hall–Kier alpha value is -2.28. The van der Waals surface area contributed by atoms with E-state index in [9.17, 15) is 14.4 Å². The molecule has 2 N–H and O–H groups in total. The number of carbonyl (C=O) groups excluding carboxylic acids is 3. The molecule has 136 valence electrons. The monoisotopic (exact) mass is 368 g/mol. The number of piperidine rings is 1. The van der Waals surface area contributed by atoms with Crippen molar-refractivity contribution < 1.29 is 23.9 Å². The summed E-state index contributed by atoms with van der Waals surface area (Å²) < 4.78 is 10.3. The Labute approximate surface area is 151 Å². The predicted molar refractivity (Wildman–Crippen MR) is 91.1 cm³/mol. The van der Waals surface area contributed by atoms with Gasteiger partial charge in [-0.3, -0.25) is 9.59 Å². The average molecular weight is 369 g/mol. The zero-order valence-electron chi connectivity index (χ0n) is 14.0. The summed E-state index contributed by atoms with van der Waals surface area (Å²) in [6.45, 7) is 1.92. The number of primary amides is 1. The highest BCUT2D eigenvalue weighted by Crippen LogP contribution is 2.21. The molecule has 1 fully saturated rings.